The number of hydrogen-bond acceptors (Lipinski definition) is 4. The molecule has 110 valence electrons. The Morgan fingerprint density at radius 3 is 2.62 bits per heavy atom. The van der Waals surface area contributed by atoms with E-state index in [9.17, 15) is 0 Å². The monoisotopic (exact) mass is 301 g/mol. The fourth-order valence-electron chi connectivity index (χ4n) is 2.32. The topological polar surface area (TPSA) is 44.5 Å². The lowest BCUT2D eigenvalue weighted by Gasteiger charge is -2.18. The summed E-state index contributed by atoms with van der Waals surface area (Å²) in [5.41, 5.74) is 9.48. The molecule has 0 aromatic heterocycles. The molecular weight excluding hydrogens is 282 g/mol. The first-order chi connectivity index (χ1) is 10.3. The summed E-state index contributed by atoms with van der Waals surface area (Å²) in [6.07, 6.45) is 0. The highest BCUT2D eigenvalue weighted by Crippen LogP contribution is 2.35. The largest absolute Gasteiger partial charge is 0.486 e. The van der Waals surface area contributed by atoms with Gasteiger partial charge in [-0.3, -0.25) is 0 Å². The van der Waals surface area contributed by atoms with Gasteiger partial charge in [0, 0.05) is 17.2 Å². The molecule has 2 aromatic rings. The molecule has 0 amide bonds. The second-order valence-electron chi connectivity index (χ2n) is 5.06. The molecule has 3 rings (SSSR count). The van der Waals surface area contributed by atoms with E-state index in [1.807, 2.05) is 17.8 Å². The highest BCUT2D eigenvalue weighted by Gasteiger charge is 2.12. The minimum Gasteiger partial charge on any atom is -0.486 e. The van der Waals surface area contributed by atoms with Gasteiger partial charge >= 0.3 is 0 Å². The molecule has 4 heteroatoms. The van der Waals surface area contributed by atoms with Crippen molar-refractivity contribution in [2.45, 2.75) is 24.1 Å². The predicted octanol–water partition coefficient (Wildman–Crippen LogP) is 3.52. The number of fused-ring (bicyclic) bond motifs is 1. The number of hydrogen-bond donors (Lipinski definition) is 1. The summed E-state index contributed by atoms with van der Waals surface area (Å²) in [6.45, 7) is 3.99. The molecule has 3 nitrogen and oxygen atoms in total. The maximum Gasteiger partial charge on any atom is 0.162 e. The Balaban J connectivity index is 1.70. The first-order valence-corrected chi connectivity index (χ1v) is 8.06. The summed E-state index contributed by atoms with van der Waals surface area (Å²) in [6, 6.07) is 12.6. The quantitative estimate of drug-likeness (QED) is 0.878. The van der Waals surface area contributed by atoms with E-state index in [1.165, 1.54) is 21.6 Å². The molecule has 1 aliphatic heterocycles. The van der Waals surface area contributed by atoms with E-state index in [1.54, 1.807) is 0 Å². The fraction of sp³-hybridized carbons (Fsp3) is 0.294. The van der Waals surface area contributed by atoms with E-state index in [2.05, 4.69) is 37.3 Å². The Morgan fingerprint density at radius 2 is 1.86 bits per heavy atom. The third-order valence-electron chi connectivity index (χ3n) is 3.55. The van der Waals surface area contributed by atoms with Crippen molar-refractivity contribution >= 4 is 11.8 Å². The molecule has 0 unspecified atom stereocenters. The number of aryl methyl sites for hydroxylation is 1. The second-order valence-corrected chi connectivity index (χ2v) is 6.11. The Kier molecular flexibility index (Phi) is 4.36. The van der Waals surface area contributed by atoms with Gasteiger partial charge in [-0.05, 0) is 41.8 Å². The van der Waals surface area contributed by atoms with Crippen molar-refractivity contribution in [2.75, 3.05) is 13.2 Å². The van der Waals surface area contributed by atoms with Gasteiger partial charge in [0.15, 0.2) is 11.5 Å². The third kappa shape index (κ3) is 3.34. The average molecular weight is 301 g/mol. The van der Waals surface area contributed by atoms with Crippen LogP contribution in [0.4, 0.5) is 0 Å². The number of ether oxygens (including phenoxy) is 2. The molecule has 0 aliphatic carbocycles. The molecule has 21 heavy (non-hydrogen) atoms. The number of nitrogens with two attached hydrogens (primary N) is 1. The van der Waals surface area contributed by atoms with Crippen LogP contribution in [0.25, 0.3) is 0 Å². The summed E-state index contributed by atoms with van der Waals surface area (Å²) in [4.78, 5) is 1.20. The summed E-state index contributed by atoms with van der Waals surface area (Å²) < 4.78 is 11.2. The fourth-order valence-corrected chi connectivity index (χ4v) is 3.32. The number of benzene rings is 2. The molecule has 1 aliphatic rings. The van der Waals surface area contributed by atoms with Gasteiger partial charge in [0.25, 0.3) is 0 Å². The molecule has 0 saturated heterocycles. The van der Waals surface area contributed by atoms with Gasteiger partial charge in [-0.2, -0.15) is 0 Å². The highest BCUT2D eigenvalue weighted by molar-refractivity contribution is 7.98. The Bertz CT molecular complexity index is 643. The lowest BCUT2D eigenvalue weighted by atomic mass is 10.1. The minimum absolute atomic E-state index is 0.594. The number of thioether (sulfide) groups is 1. The standard InChI is InChI=1S/C17H19NO2S/c1-12-8-13(10-18)2-3-14(12)11-21-15-4-5-16-17(9-15)20-7-6-19-16/h2-5,8-9H,6-7,10-11,18H2,1H3. The van der Waals surface area contributed by atoms with Crippen LogP contribution in [0, 0.1) is 6.92 Å². The van der Waals surface area contributed by atoms with Crippen molar-refractivity contribution in [1.29, 1.82) is 0 Å². The second kappa shape index (κ2) is 6.41. The molecule has 0 fully saturated rings. The first-order valence-electron chi connectivity index (χ1n) is 7.07. The molecule has 1 heterocycles. The zero-order valence-electron chi connectivity index (χ0n) is 12.1. The van der Waals surface area contributed by atoms with Gasteiger partial charge in [-0.1, -0.05) is 18.2 Å². The van der Waals surface area contributed by atoms with Crippen molar-refractivity contribution in [3.05, 3.63) is 53.1 Å². The van der Waals surface area contributed by atoms with Gasteiger partial charge in [0.2, 0.25) is 0 Å². The maximum absolute atomic E-state index is 5.67. The smallest absolute Gasteiger partial charge is 0.162 e. The van der Waals surface area contributed by atoms with Crippen LogP contribution in [-0.4, -0.2) is 13.2 Å². The minimum atomic E-state index is 0.594. The van der Waals surface area contributed by atoms with Gasteiger partial charge in [0.05, 0.1) is 0 Å². The molecule has 2 aromatic carbocycles. The summed E-state index contributed by atoms with van der Waals surface area (Å²) >= 11 is 1.81. The van der Waals surface area contributed by atoms with E-state index >= 15 is 0 Å². The van der Waals surface area contributed by atoms with Crippen molar-refractivity contribution in [3.63, 3.8) is 0 Å². The number of rotatable bonds is 4. The first kappa shape index (κ1) is 14.3. The van der Waals surface area contributed by atoms with Crippen LogP contribution >= 0.6 is 11.8 Å². The van der Waals surface area contributed by atoms with Gasteiger partial charge in [-0.25, -0.2) is 0 Å². The Labute approximate surface area is 129 Å². The van der Waals surface area contributed by atoms with Crippen LogP contribution in [0.3, 0.4) is 0 Å². The molecule has 2 N–H and O–H groups in total. The highest BCUT2D eigenvalue weighted by atomic mass is 32.2. The van der Waals surface area contributed by atoms with Crippen LogP contribution in [0.2, 0.25) is 0 Å². The van der Waals surface area contributed by atoms with Crippen molar-refractivity contribution in [3.8, 4) is 11.5 Å². The van der Waals surface area contributed by atoms with Crippen molar-refractivity contribution in [2.24, 2.45) is 5.73 Å². The normalized spacial score (nSPS) is 13.2. The van der Waals surface area contributed by atoms with Crippen LogP contribution in [0.5, 0.6) is 11.5 Å². The zero-order valence-corrected chi connectivity index (χ0v) is 12.9. The van der Waals surface area contributed by atoms with Gasteiger partial charge in [0.1, 0.15) is 13.2 Å². The van der Waals surface area contributed by atoms with Crippen LogP contribution < -0.4 is 15.2 Å². The average Bonchev–Trinajstić information content (AvgIpc) is 2.53. The van der Waals surface area contributed by atoms with E-state index in [4.69, 9.17) is 15.2 Å². The molecule has 0 spiro atoms. The molecule has 0 saturated carbocycles. The molecular formula is C17H19NO2S. The van der Waals surface area contributed by atoms with E-state index in [-0.39, 0.29) is 0 Å². The van der Waals surface area contributed by atoms with Crippen LogP contribution in [0.15, 0.2) is 41.3 Å². The SMILES string of the molecule is Cc1cc(CN)ccc1CSc1ccc2c(c1)OCCO2. The van der Waals surface area contributed by atoms with Crippen LogP contribution in [-0.2, 0) is 12.3 Å². The van der Waals surface area contributed by atoms with Crippen LogP contribution in [0.1, 0.15) is 16.7 Å². The van der Waals surface area contributed by atoms with Gasteiger partial charge < -0.3 is 15.2 Å². The summed E-state index contributed by atoms with van der Waals surface area (Å²) in [5, 5.41) is 0. The van der Waals surface area contributed by atoms with E-state index in [0.29, 0.717) is 19.8 Å². The predicted molar refractivity (Wildman–Crippen MR) is 86.1 cm³/mol. The van der Waals surface area contributed by atoms with E-state index < -0.39 is 0 Å². The molecule has 0 atom stereocenters. The summed E-state index contributed by atoms with van der Waals surface area (Å²) in [7, 11) is 0. The maximum atomic E-state index is 5.67. The molecule has 0 bridgehead atoms. The Hall–Kier alpha value is -1.65. The van der Waals surface area contributed by atoms with E-state index in [0.717, 1.165) is 17.3 Å². The lowest BCUT2D eigenvalue weighted by Crippen LogP contribution is -2.15. The molecule has 0 radical (unpaired) electrons. The van der Waals surface area contributed by atoms with Crippen molar-refractivity contribution < 1.29 is 9.47 Å². The zero-order chi connectivity index (χ0) is 14.7. The third-order valence-corrected chi connectivity index (χ3v) is 4.59. The van der Waals surface area contributed by atoms with Crippen molar-refractivity contribution in [1.82, 2.24) is 0 Å². The van der Waals surface area contributed by atoms with Gasteiger partial charge in [-0.15, -0.1) is 11.8 Å². The lowest BCUT2D eigenvalue weighted by molar-refractivity contribution is 0.171. The Morgan fingerprint density at radius 1 is 1.05 bits per heavy atom. The summed E-state index contributed by atoms with van der Waals surface area (Å²) in [5.74, 6) is 2.63.